The van der Waals surface area contributed by atoms with Gasteiger partial charge < -0.3 is 4.74 Å². The van der Waals surface area contributed by atoms with E-state index in [4.69, 9.17) is 4.74 Å². The van der Waals surface area contributed by atoms with E-state index < -0.39 is 0 Å². The summed E-state index contributed by atoms with van der Waals surface area (Å²) in [5, 5.41) is 0. The zero-order valence-electron chi connectivity index (χ0n) is 21.6. The Balaban J connectivity index is 1.48. The summed E-state index contributed by atoms with van der Waals surface area (Å²) in [4.78, 5) is 25.2. The molecular weight excluding hydrogens is 396 g/mol. The molecule has 3 nitrogen and oxygen atoms in total. The first-order valence-corrected chi connectivity index (χ1v) is 13.8. The second-order valence-corrected chi connectivity index (χ2v) is 13.1. The zero-order chi connectivity index (χ0) is 23.3. The van der Waals surface area contributed by atoms with Gasteiger partial charge in [-0.3, -0.25) is 9.59 Å². The molecule has 4 unspecified atom stereocenters. The van der Waals surface area contributed by atoms with Crippen molar-refractivity contribution in [3.05, 3.63) is 0 Å². The van der Waals surface area contributed by atoms with E-state index in [2.05, 4.69) is 34.6 Å². The molecule has 4 rings (SSSR count). The molecule has 0 bridgehead atoms. The van der Waals surface area contributed by atoms with Crippen LogP contribution < -0.4 is 0 Å². The number of carbonyl (C=O) groups is 2. The van der Waals surface area contributed by atoms with Crippen molar-refractivity contribution >= 4 is 11.8 Å². The van der Waals surface area contributed by atoms with Crippen LogP contribution in [0.15, 0.2) is 0 Å². The van der Waals surface area contributed by atoms with Crippen LogP contribution >= 0.6 is 0 Å². The Bertz CT molecular complexity index is 713. The van der Waals surface area contributed by atoms with Gasteiger partial charge in [0.15, 0.2) is 0 Å². The minimum atomic E-state index is -0.174. The molecule has 0 radical (unpaired) electrons. The summed E-state index contributed by atoms with van der Waals surface area (Å²) in [5.41, 5.74) is 0.601. The molecule has 0 aromatic heterocycles. The predicted octanol–water partition coefficient (Wildman–Crippen LogP) is 7.22. The van der Waals surface area contributed by atoms with Crippen molar-refractivity contribution in [3.63, 3.8) is 0 Å². The van der Waals surface area contributed by atoms with Crippen molar-refractivity contribution in [2.45, 2.75) is 118 Å². The van der Waals surface area contributed by atoms with Gasteiger partial charge in [-0.25, -0.2) is 0 Å². The van der Waals surface area contributed by atoms with Crippen LogP contribution in [0.25, 0.3) is 0 Å². The van der Waals surface area contributed by atoms with Gasteiger partial charge in [0.1, 0.15) is 11.9 Å². The number of ketones is 1. The molecule has 0 aromatic carbocycles. The molecule has 0 saturated heterocycles. The topological polar surface area (TPSA) is 43.4 Å². The molecule has 182 valence electrons. The molecule has 0 heterocycles. The van der Waals surface area contributed by atoms with Crippen LogP contribution in [0.5, 0.6) is 0 Å². The van der Waals surface area contributed by atoms with Crippen molar-refractivity contribution in [2.75, 3.05) is 0 Å². The van der Waals surface area contributed by atoms with E-state index in [0.717, 1.165) is 43.4 Å². The summed E-state index contributed by atoms with van der Waals surface area (Å²) >= 11 is 0. The third-order valence-electron chi connectivity index (χ3n) is 11.0. The first kappa shape index (κ1) is 24.3. The SMILES string of the molecule is CC(=O)O[C@H]1CC[C@@]2(C)C(CC(=O)C3C2CC[C@@]2(C)C3CC[C@@H]2[C@H](C)CCCC(C)C)C1. The standard InChI is InChI=1S/C29H48O3/c1-18(2)8-7-9-19(3)23-10-11-24-27-25(13-15-29(23,24)6)28(5)14-12-22(32-20(4)30)16-21(28)17-26(27)31/h18-19,21-25,27H,7-17H2,1-6H3/t19-,21?,22+,23-,24?,25?,27?,28+,29-/m1/s1. The number of Topliss-reactive ketones (excluding diaryl/α,β-unsaturated/α-hetero) is 1. The number of hydrogen-bond acceptors (Lipinski definition) is 3. The smallest absolute Gasteiger partial charge is 0.302 e. The van der Waals surface area contributed by atoms with Gasteiger partial charge in [0.05, 0.1) is 0 Å². The lowest BCUT2D eigenvalue weighted by Crippen LogP contribution is -2.57. The highest BCUT2D eigenvalue weighted by Crippen LogP contribution is 2.67. The molecule has 0 aromatic rings. The number of rotatable bonds is 6. The van der Waals surface area contributed by atoms with Gasteiger partial charge in [-0.15, -0.1) is 0 Å². The number of ether oxygens (including phenoxy) is 1. The molecule has 9 atom stereocenters. The van der Waals surface area contributed by atoms with Crippen LogP contribution in [0.2, 0.25) is 0 Å². The van der Waals surface area contributed by atoms with Gasteiger partial charge in [-0.05, 0) is 91.3 Å². The Morgan fingerprint density at radius 1 is 1.00 bits per heavy atom. The Morgan fingerprint density at radius 2 is 1.69 bits per heavy atom. The van der Waals surface area contributed by atoms with E-state index in [0.29, 0.717) is 29.0 Å². The van der Waals surface area contributed by atoms with E-state index in [1.165, 1.54) is 51.9 Å². The molecule has 0 spiro atoms. The molecule has 0 amide bonds. The number of fused-ring (bicyclic) bond motifs is 5. The Kier molecular flexibility index (Phi) is 6.87. The van der Waals surface area contributed by atoms with Gasteiger partial charge >= 0.3 is 5.97 Å². The largest absolute Gasteiger partial charge is 0.463 e. The summed E-state index contributed by atoms with van der Waals surface area (Å²) in [7, 11) is 0. The fourth-order valence-corrected chi connectivity index (χ4v) is 9.26. The van der Waals surface area contributed by atoms with Crippen molar-refractivity contribution < 1.29 is 14.3 Å². The zero-order valence-corrected chi connectivity index (χ0v) is 21.6. The second-order valence-electron chi connectivity index (χ2n) is 13.1. The highest BCUT2D eigenvalue weighted by molar-refractivity contribution is 5.83. The first-order valence-electron chi connectivity index (χ1n) is 13.8. The van der Waals surface area contributed by atoms with E-state index in [9.17, 15) is 9.59 Å². The van der Waals surface area contributed by atoms with Gasteiger partial charge in [-0.2, -0.15) is 0 Å². The van der Waals surface area contributed by atoms with E-state index in [1.807, 2.05) is 0 Å². The minimum Gasteiger partial charge on any atom is -0.463 e. The lowest BCUT2D eigenvalue weighted by atomic mass is 9.44. The van der Waals surface area contributed by atoms with Crippen LogP contribution in [0.4, 0.5) is 0 Å². The molecule has 0 N–H and O–H groups in total. The summed E-state index contributed by atoms with van der Waals surface area (Å²) in [6.45, 7) is 13.7. The Labute approximate surface area is 196 Å². The van der Waals surface area contributed by atoms with Crippen LogP contribution in [-0.4, -0.2) is 17.9 Å². The van der Waals surface area contributed by atoms with Crippen molar-refractivity contribution in [1.29, 1.82) is 0 Å². The van der Waals surface area contributed by atoms with Gasteiger partial charge in [-0.1, -0.05) is 53.9 Å². The van der Waals surface area contributed by atoms with Crippen molar-refractivity contribution in [3.8, 4) is 0 Å². The first-order chi connectivity index (χ1) is 15.1. The molecular formula is C29H48O3. The monoisotopic (exact) mass is 444 g/mol. The van der Waals surface area contributed by atoms with Crippen molar-refractivity contribution in [1.82, 2.24) is 0 Å². The van der Waals surface area contributed by atoms with Crippen LogP contribution in [-0.2, 0) is 14.3 Å². The molecule has 3 heteroatoms. The van der Waals surface area contributed by atoms with E-state index in [-0.39, 0.29) is 23.4 Å². The third kappa shape index (κ3) is 4.20. The number of carbonyl (C=O) groups excluding carboxylic acids is 2. The highest BCUT2D eigenvalue weighted by atomic mass is 16.5. The molecule has 4 aliphatic carbocycles. The molecule has 4 aliphatic rings. The Morgan fingerprint density at radius 3 is 2.38 bits per heavy atom. The highest BCUT2D eigenvalue weighted by Gasteiger charge is 2.63. The minimum absolute atomic E-state index is 0.0198. The second kappa shape index (κ2) is 9.06. The number of esters is 1. The lowest BCUT2D eigenvalue weighted by Gasteiger charge is -2.60. The Hall–Kier alpha value is -0.860. The van der Waals surface area contributed by atoms with Crippen molar-refractivity contribution in [2.24, 2.45) is 52.3 Å². The summed E-state index contributed by atoms with van der Waals surface area (Å²) < 4.78 is 5.58. The van der Waals surface area contributed by atoms with E-state index >= 15 is 0 Å². The van der Waals surface area contributed by atoms with E-state index in [1.54, 1.807) is 0 Å². The molecule has 4 saturated carbocycles. The number of hydrogen-bond donors (Lipinski definition) is 0. The molecule has 4 fully saturated rings. The van der Waals surface area contributed by atoms with Gasteiger partial charge in [0.25, 0.3) is 0 Å². The average molecular weight is 445 g/mol. The lowest BCUT2D eigenvalue weighted by molar-refractivity contribution is -0.168. The normalized spacial score (nSPS) is 44.5. The maximum atomic E-state index is 13.7. The quantitative estimate of drug-likeness (QED) is 0.406. The van der Waals surface area contributed by atoms with Crippen LogP contribution in [0.3, 0.4) is 0 Å². The van der Waals surface area contributed by atoms with Crippen LogP contribution in [0, 0.1) is 52.3 Å². The maximum absolute atomic E-state index is 13.7. The fourth-order valence-electron chi connectivity index (χ4n) is 9.26. The molecule has 32 heavy (non-hydrogen) atoms. The third-order valence-corrected chi connectivity index (χ3v) is 11.0. The average Bonchev–Trinajstić information content (AvgIpc) is 3.05. The van der Waals surface area contributed by atoms with Gasteiger partial charge in [0, 0.05) is 19.3 Å². The van der Waals surface area contributed by atoms with Gasteiger partial charge in [0.2, 0.25) is 0 Å². The fraction of sp³-hybridized carbons (Fsp3) is 0.931. The molecule has 0 aliphatic heterocycles. The maximum Gasteiger partial charge on any atom is 0.302 e. The summed E-state index contributed by atoms with van der Waals surface area (Å²) in [6, 6.07) is 0. The summed E-state index contributed by atoms with van der Waals surface area (Å²) in [6.07, 6.45) is 12.9. The summed E-state index contributed by atoms with van der Waals surface area (Å²) in [5.74, 6) is 4.56. The predicted molar refractivity (Wildman–Crippen MR) is 129 cm³/mol. The van der Waals surface area contributed by atoms with Crippen LogP contribution in [0.1, 0.15) is 112 Å².